The van der Waals surface area contributed by atoms with Crippen LogP contribution >= 0.6 is 0 Å². The number of fused-ring (bicyclic) bond motifs is 1. The van der Waals surface area contributed by atoms with Crippen molar-refractivity contribution in [1.29, 1.82) is 0 Å². The molecule has 110 valence electrons. The van der Waals surface area contributed by atoms with Crippen LogP contribution in [0.25, 0.3) is 10.8 Å². The molecule has 0 saturated heterocycles. The van der Waals surface area contributed by atoms with Gasteiger partial charge in [-0.25, -0.2) is 4.79 Å². The number of carboxylic acids is 1. The Labute approximate surface area is 124 Å². The van der Waals surface area contributed by atoms with Gasteiger partial charge in [-0.05, 0) is 48.1 Å². The van der Waals surface area contributed by atoms with Gasteiger partial charge in [-0.1, -0.05) is 37.6 Å². The molecule has 0 spiro atoms. The average Bonchev–Trinajstić information content (AvgIpc) is 2.46. The summed E-state index contributed by atoms with van der Waals surface area (Å²) >= 11 is 0. The first-order chi connectivity index (χ1) is 10.1. The molecule has 2 aromatic rings. The zero-order valence-corrected chi connectivity index (χ0v) is 12.2. The Balaban J connectivity index is 1.95. The summed E-state index contributed by atoms with van der Waals surface area (Å²) in [5.41, 5.74) is 0.256. The van der Waals surface area contributed by atoms with Crippen molar-refractivity contribution in [3.63, 3.8) is 0 Å². The Morgan fingerprint density at radius 3 is 2.57 bits per heavy atom. The molecule has 2 atom stereocenters. The van der Waals surface area contributed by atoms with Crippen molar-refractivity contribution in [1.82, 2.24) is 0 Å². The van der Waals surface area contributed by atoms with Gasteiger partial charge >= 0.3 is 5.97 Å². The summed E-state index contributed by atoms with van der Waals surface area (Å²) in [6.07, 6.45) is 4.54. The van der Waals surface area contributed by atoms with Gasteiger partial charge in [0, 0.05) is 0 Å². The molecule has 0 bridgehead atoms. The van der Waals surface area contributed by atoms with Gasteiger partial charge < -0.3 is 9.84 Å². The summed E-state index contributed by atoms with van der Waals surface area (Å²) in [7, 11) is 0. The lowest BCUT2D eigenvalue weighted by Crippen LogP contribution is -2.24. The van der Waals surface area contributed by atoms with Crippen molar-refractivity contribution >= 4 is 16.7 Å². The lowest BCUT2D eigenvalue weighted by Gasteiger charge is -2.28. The second-order valence-corrected chi connectivity index (χ2v) is 6.01. The van der Waals surface area contributed by atoms with E-state index in [4.69, 9.17) is 4.74 Å². The molecule has 3 nitrogen and oxygen atoms in total. The standard InChI is InChI=1S/C18H20O3/c1-12-5-4-8-15(9-12)21-17-11-14-7-3-2-6-13(14)10-16(17)18(19)20/h2-3,6-7,10-12,15H,4-5,8-9H2,1H3,(H,19,20). The zero-order chi connectivity index (χ0) is 14.8. The monoisotopic (exact) mass is 284 g/mol. The minimum Gasteiger partial charge on any atom is -0.489 e. The van der Waals surface area contributed by atoms with E-state index in [1.165, 1.54) is 6.42 Å². The molecule has 0 heterocycles. The van der Waals surface area contributed by atoms with Crippen LogP contribution in [0.3, 0.4) is 0 Å². The van der Waals surface area contributed by atoms with Crippen molar-refractivity contribution in [2.24, 2.45) is 5.92 Å². The number of carboxylic acid groups (broad SMARTS) is 1. The fourth-order valence-electron chi connectivity index (χ4n) is 3.15. The van der Waals surface area contributed by atoms with E-state index in [0.29, 0.717) is 11.7 Å². The molecule has 1 N–H and O–H groups in total. The van der Waals surface area contributed by atoms with E-state index in [2.05, 4.69) is 6.92 Å². The molecule has 2 unspecified atom stereocenters. The smallest absolute Gasteiger partial charge is 0.339 e. The number of hydrogen-bond donors (Lipinski definition) is 1. The summed E-state index contributed by atoms with van der Waals surface area (Å²) in [5, 5.41) is 11.4. The van der Waals surface area contributed by atoms with E-state index in [1.54, 1.807) is 6.07 Å². The SMILES string of the molecule is CC1CCCC(Oc2cc3ccccc3cc2C(=O)O)C1. The van der Waals surface area contributed by atoms with E-state index in [-0.39, 0.29) is 11.7 Å². The molecular formula is C18H20O3. The van der Waals surface area contributed by atoms with Gasteiger partial charge in [0.2, 0.25) is 0 Å². The summed E-state index contributed by atoms with van der Waals surface area (Å²) < 4.78 is 6.05. The van der Waals surface area contributed by atoms with E-state index >= 15 is 0 Å². The quantitative estimate of drug-likeness (QED) is 0.903. The highest BCUT2D eigenvalue weighted by molar-refractivity contribution is 5.97. The van der Waals surface area contributed by atoms with Crippen molar-refractivity contribution in [3.05, 3.63) is 42.0 Å². The lowest BCUT2D eigenvalue weighted by molar-refractivity contribution is 0.0683. The Kier molecular flexibility index (Phi) is 3.82. The van der Waals surface area contributed by atoms with E-state index < -0.39 is 5.97 Å². The topological polar surface area (TPSA) is 46.5 Å². The Morgan fingerprint density at radius 1 is 1.19 bits per heavy atom. The fourth-order valence-corrected chi connectivity index (χ4v) is 3.15. The van der Waals surface area contributed by atoms with Crippen LogP contribution in [0, 0.1) is 5.92 Å². The Morgan fingerprint density at radius 2 is 1.90 bits per heavy atom. The second kappa shape index (κ2) is 5.76. The van der Waals surface area contributed by atoms with E-state index in [0.717, 1.165) is 30.0 Å². The third-order valence-electron chi connectivity index (χ3n) is 4.26. The van der Waals surface area contributed by atoms with Crippen LogP contribution in [0.15, 0.2) is 36.4 Å². The molecule has 0 aliphatic heterocycles. The number of ether oxygens (including phenoxy) is 1. The molecule has 2 aromatic carbocycles. The molecule has 1 aliphatic rings. The summed E-state index contributed by atoms with van der Waals surface area (Å²) in [6, 6.07) is 11.3. The van der Waals surface area contributed by atoms with Gasteiger partial charge in [0.05, 0.1) is 6.10 Å². The molecule has 1 saturated carbocycles. The maximum Gasteiger partial charge on any atom is 0.339 e. The fraction of sp³-hybridized carbons (Fsp3) is 0.389. The minimum atomic E-state index is -0.931. The summed E-state index contributed by atoms with van der Waals surface area (Å²) in [5.74, 6) is 0.220. The van der Waals surface area contributed by atoms with E-state index in [9.17, 15) is 9.90 Å². The number of hydrogen-bond acceptors (Lipinski definition) is 2. The number of aromatic carboxylic acids is 1. The number of carbonyl (C=O) groups is 1. The maximum absolute atomic E-state index is 11.5. The van der Waals surface area contributed by atoms with Crippen LogP contribution in [0.2, 0.25) is 0 Å². The molecule has 1 fully saturated rings. The zero-order valence-electron chi connectivity index (χ0n) is 12.2. The van der Waals surface area contributed by atoms with Crippen molar-refractivity contribution < 1.29 is 14.6 Å². The van der Waals surface area contributed by atoms with Gasteiger partial charge in [0.15, 0.2) is 0 Å². The minimum absolute atomic E-state index is 0.132. The van der Waals surface area contributed by atoms with Crippen molar-refractivity contribution in [2.45, 2.75) is 38.7 Å². The first kappa shape index (κ1) is 13.9. The largest absolute Gasteiger partial charge is 0.489 e. The van der Waals surface area contributed by atoms with Gasteiger partial charge in [0.25, 0.3) is 0 Å². The summed E-state index contributed by atoms with van der Waals surface area (Å²) in [6.45, 7) is 2.23. The Hall–Kier alpha value is -2.03. The molecular weight excluding hydrogens is 264 g/mol. The third kappa shape index (κ3) is 3.02. The summed E-state index contributed by atoms with van der Waals surface area (Å²) in [4.78, 5) is 11.5. The van der Waals surface area contributed by atoms with Crippen LogP contribution in [0.4, 0.5) is 0 Å². The predicted molar refractivity (Wildman–Crippen MR) is 83.0 cm³/mol. The molecule has 0 aromatic heterocycles. The van der Waals surface area contributed by atoms with Gasteiger partial charge in [-0.15, -0.1) is 0 Å². The Bertz CT molecular complexity index is 663. The first-order valence-corrected chi connectivity index (χ1v) is 7.56. The lowest BCUT2D eigenvalue weighted by atomic mass is 9.88. The van der Waals surface area contributed by atoms with Crippen LogP contribution in [-0.2, 0) is 0 Å². The average molecular weight is 284 g/mol. The van der Waals surface area contributed by atoms with Crippen LogP contribution in [0.5, 0.6) is 5.75 Å². The third-order valence-corrected chi connectivity index (χ3v) is 4.26. The van der Waals surface area contributed by atoms with Gasteiger partial charge in [-0.3, -0.25) is 0 Å². The van der Waals surface area contributed by atoms with E-state index in [1.807, 2.05) is 30.3 Å². The molecule has 1 aliphatic carbocycles. The molecule has 3 rings (SSSR count). The van der Waals surface area contributed by atoms with Gasteiger partial charge in [0.1, 0.15) is 11.3 Å². The molecule has 21 heavy (non-hydrogen) atoms. The highest BCUT2D eigenvalue weighted by Gasteiger charge is 2.22. The number of rotatable bonds is 3. The first-order valence-electron chi connectivity index (χ1n) is 7.56. The highest BCUT2D eigenvalue weighted by atomic mass is 16.5. The highest BCUT2D eigenvalue weighted by Crippen LogP contribution is 2.31. The maximum atomic E-state index is 11.5. The normalized spacial score (nSPS) is 22.1. The molecule has 0 radical (unpaired) electrons. The van der Waals surface area contributed by atoms with Crippen molar-refractivity contribution in [2.75, 3.05) is 0 Å². The van der Waals surface area contributed by atoms with Crippen LogP contribution in [0.1, 0.15) is 43.0 Å². The second-order valence-electron chi connectivity index (χ2n) is 6.01. The van der Waals surface area contributed by atoms with Crippen molar-refractivity contribution in [3.8, 4) is 5.75 Å². The number of benzene rings is 2. The molecule has 0 amide bonds. The predicted octanol–water partition coefficient (Wildman–Crippen LogP) is 4.50. The van der Waals surface area contributed by atoms with Gasteiger partial charge in [-0.2, -0.15) is 0 Å². The molecule has 3 heteroatoms. The van der Waals surface area contributed by atoms with Crippen LogP contribution in [-0.4, -0.2) is 17.2 Å². The van der Waals surface area contributed by atoms with Crippen LogP contribution < -0.4 is 4.74 Å².